The molecule has 1 amide bonds. The van der Waals surface area contributed by atoms with Gasteiger partial charge in [0, 0.05) is 20.8 Å². The third-order valence-corrected chi connectivity index (χ3v) is 4.68. The van der Waals surface area contributed by atoms with Crippen molar-refractivity contribution < 1.29 is 4.79 Å². The average molecular weight is 309 g/mol. The summed E-state index contributed by atoms with van der Waals surface area (Å²) in [5.41, 5.74) is 1.46. The maximum Gasteiger partial charge on any atom is 0.258 e. The molecule has 0 bridgehead atoms. The number of rotatable bonds is 3. The van der Waals surface area contributed by atoms with Crippen molar-refractivity contribution in [3.63, 3.8) is 0 Å². The van der Waals surface area contributed by atoms with Gasteiger partial charge in [-0.25, -0.2) is 4.98 Å². The molecule has 0 saturated heterocycles. The molecule has 2 heterocycles. The molecule has 0 fully saturated rings. The maximum atomic E-state index is 12.2. The van der Waals surface area contributed by atoms with Crippen LogP contribution in [0.4, 0.5) is 5.13 Å². The summed E-state index contributed by atoms with van der Waals surface area (Å²) in [4.78, 5) is 16.4. The number of hydrogen-bond donors (Lipinski definition) is 1. The zero-order chi connectivity index (χ0) is 13.2. The molecule has 0 spiro atoms. The number of nitrogens with zero attached hydrogens (tertiary/aromatic N) is 1. The van der Waals surface area contributed by atoms with E-state index in [1.165, 1.54) is 11.3 Å². The van der Waals surface area contributed by atoms with Crippen molar-refractivity contribution in [3.8, 4) is 0 Å². The summed E-state index contributed by atoms with van der Waals surface area (Å²) >= 11 is 8.63. The lowest BCUT2D eigenvalue weighted by molar-refractivity contribution is 0.102. The lowest BCUT2D eigenvalue weighted by atomic mass is 10.2. The Balaban J connectivity index is 1.87. The van der Waals surface area contributed by atoms with Crippen LogP contribution >= 0.6 is 34.3 Å². The van der Waals surface area contributed by atoms with Crippen LogP contribution in [0.2, 0.25) is 0 Å². The summed E-state index contributed by atoms with van der Waals surface area (Å²) in [5, 5.41) is 8.07. The van der Waals surface area contributed by atoms with Gasteiger partial charge in [-0.15, -0.1) is 34.3 Å². The van der Waals surface area contributed by atoms with Gasteiger partial charge < -0.3 is 0 Å². The monoisotopic (exact) mass is 308 g/mol. The van der Waals surface area contributed by atoms with E-state index in [-0.39, 0.29) is 5.91 Å². The number of thiazole rings is 1. The van der Waals surface area contributed by atoms with E-state index in [0.29, 0.717) is 16.6 Å². The molecule has 0 aliphatic carbocycles. The highest BCUT2D eigenvalue weighted by molar-refractivity contribution is 7.17. The van der Waals surface area contributed by atoms with Crippen LogP contribution in [-0.2, 0) is 5.88 Å². The molecule has 3 aromatic rings. The lowest BCUT2D eigenvalue weighted by Gasteiger charge is -2.00. The fraction of sp³-hybridized carbons (Fsp3) is 0.0769. The van der Waals surface area contributed by atoms with Crippen molar-refractivity contribution in [1.29, 1.82) is 0 Å². The minimum Gasteiger partial charge on any atom is -0.298 e. The summed E-state index contributed by atoms with van der Waals surface area (Å²) in [7, 11) is 0. The summed E-state index contributed by atoms with van der Waals surface area (Å²) < 4.78 is 1.10. The fourth-order valence-electron chi connectivity index (χ4n) is 1.74. The molecule has 0 radical (unpaired) electrons. The van der Waals surface area contributed by atoms with E-state index in [4.69, 9.17) is 11.6 Å². The standard InChI is InChI=1S/C13H9ClN2OS2/c14-5-8-6-19-13(15-8)16-12(17)10-7-18-11-4-2-1-3-9(10)11/h1-4,6-7H,5H2,(H,15,16,17). The number of thiophene rings is 1. The van der Waals surface area contributed by atoms with Gasteiger partial charge in [-0.1, -0.05) is 18.2 Å². The first-order valence-electron chi connectivity index (χ1n) is 5.56. The van der Waals surface area contributed by atoms with Crippen LogP contribution in [0.1, 0.15) is 16.1 Å². The Morgan fingerprint density at radius 2 is 2.11 bits per heavy atom. The van der Waals surface area contributed by atoms with Crippen LogP contribution in [-0.4, -0.2) is 10.9 Å². The quantitative estimate of drug-likeness (QED) is 0.731. The number of anilines is 1. The minimum absolute atomic E-state index is 0.132. The molecule has 0 aliphatic heterocycles. The molecule has 0 unspecified atom stereocenters. The van der Waals surface area contributed by atoms with Crippen molar-refractivity contribution in [2.75, 3.05) is 5.32 Å². The fourth-order valence-corrected chi connectivity index (χ4v) is 3.62. The number of carbonyl (C=O) groups is 1. The summed E-state index contributed by atoms with van der Waals surface area (Å²) in [5.74, 6) is 0.223. The number of halogens is 1. The predicted molar refractivity (Wildman–Crippen MR) is 81.4 cm³/mol. The number of fused-ring (bicyclic) bond motifs is 1. The molecule has 3 nitrogen and oxygen atoms in total. The SMILES string of the molecule is O=C(Nc1nc(CCl)cs1)c1csc2ccccc12. The Hall–Kier alpha value is -1.43. The molecular weight excluding hydrogens is 300 g/mol. The van der Waals surface area contributed by atoms with E-state index < -0.39 is 0 Å². The largest absolute Gasteiger partial charge is 0.298 e. The van der Waals surface area contributed by atoms with Gasteiger partial charge in [-0.05, 0) is 6.07 Å². The number of hydrogen-bond acceptors (Lipinski definition) is 4. The van der Waals surface area contributed by atoms with Crippen molar-refractivity contribution in [3.05, 3.63) is 46.3 Å². The first kappa shape index (κ1) is 12.6. The molecule has 6 heteroatoms. The van der Waals surface area contributed by atoms with Crippen LogP contribution in [0, 0.1) is 0 Å². The van der Waals surface area contributed by atoms with Crippen LogP contribution in [0.3, 0.4) is 0 Å². The molecule has 0 aliphatic rings. The highest BCUT2D eigenvalue weighted by Gasteiger charge is 2.13. The first-order valence-corrected chi connectivity index (χ1v) is 7.85. The van der Waals surface area contributed by atoms with E-state index in [1.54, 1.807) is 11.3 Å². The third kappa shape index (κ3) is 2.49. The predicted octanol–water partition coefficient (Wildman–Crippen LogP) is 4.35. The van der Waals surface area contributed by atoms with E-state index in [2.05, 4.69) is 10.3 Å². The zero-order valence-corrected chi connectivity index (χ0v) is 12.1. The molecule has 19 heavy (non-hydrogen) atoms. The Kier molecular flexibility index (Phi) is 3.50. The summed E-state index contributed by atoms with van der Waals surface area (Å²) in [6.07, 6.45) is 0. The van der Waals surface area contributed by atoms with E-state index in [0.717, 1.165) is 15.8 Å². The van der Waals surface area contributed by atoms with Gasteiger partial charge in [0.15, 0.2) is 5.13 Å². The zero-order valence-electron chi connectivity index (χ0n) is 9.72. The molecule has 0 saturated carbocycles. The lowest BCUT2D eigenvalue weighted by Crippen LogP contribution is -2.11. The van der Waals surface area contributed by atoms with Crippen molar-refractivity contribution in [2.45, 2.75) is 5.88 Å². The van der Waals surface area contributed by atoms with E-state index >= 15 is 0 Å². The molecule has 1 aromatic carbocycles. The van der Waals surface area contributed by atoms with Crippen molar-refractivity contribution in [1.82, 2.24) is 4.98 Å². The second-order valence-electron chi connectivity index (χ2n) is 3.88. The second-order valence-corrected chi connectivity index (χ2v) is 5.91. The van der Waals surface area contributed by atoms with Gasteiger partial charge in [0.2, 0.25) is 0 Å². The molecule has 96 valence electrons. The van der Waals surface area contributed by atoms with Crippen LogP contribution < -0.4 is 5.32 Å². The van der Waals surface area contributed by atoms with Gasteiger partial charge >= 0.3 is 0 Å². The van der Waals surface area contributed by atoms with Crippen molar-refractivity contribution in [2.24, 2.45) is 0 Å². The Bertz CT molecular complexity index is 735. The minimum atomic E-state index is -0.132. The van der Waals surface area contributed by atoms with Gasteiger partial charge in [-0.3, -0.25) is 10.1 Å². The topological polar surface area (TPSA) is 42.0 Å². The molecule has 3 rings (SSSR count). The summed E-state index contributed by atoms with van der Waals surface area (Å²) in [6.45, 7) is 0. The summed E-state index contributed by atoms with van der Waals surface area (Å²) in [6, 6.07) is 7.85. The van der Waals surface area contributed by atoms with Gasteiger partial charge in [0.25, 0.3) is 5.91 Å². The van der Waals surface area contributed by atoms with E-state index in [9.17, 15) is 4.79 Å². The van der Waals surface area contributed by atoms with Crippen LogP contribution in [0.5, 0.6) is 0 Å². The molecule has 0 atom stereocenters. The number of amides is 1. The number of aromatic nitrogens is 1. The second kappa shape index (κ2) is 5.28. The maximum absolute atomic E-state index is 12.2. The van der Waals surface area contributed by atoms with Crippen molar-refractivity contribution >= 4 is 55.4 Å². The van der Waals surface area contributed by atoms with Crippen LogP contribution in [0.25, 0.3) is 10.1 Å². The molecule has 2 aromatic heterocycles. The molecular formula is C13H9ClN2OS2. The van der Waals surface area contributed by atoms with E-state index in [1.807, 2.05) is 35.0 Å². The van der Waals surface area contributed by atoms with Gasteiger partial charge in [-0.2, -0.15) is 0 Å². The Labute approximate surface area is 122 Å². The third-order valence-electron chi connectivity index (χ3n) is 2.63. The van der Waals surface area contributed by atoms with Crippen LogP contribution in [0.15, 0.2) is 35.0 Å². The van der Waals surface area contributed by atoms with Gasteiger partial charge in [0.05, 0.1) is 17.1 Å². The highest BCUT2D eigenvalue weighted by Crippen LogP contribution is 2.26. The Morgan fingerprint density at radius 3 is 2.89 bits per heavy atom. The Morgan fingerprint density at radius 1 is 1.26 bits per heavy atom. The van der Waals surface area contributed by atoms with Gasteiger partial charge in [0.1, 0.15) is 0 Å². The number of alkyl halides is 1. The number of benzene rings is 1. The molecule has 1 N–H and O–H groups in total. The number of carbonyl (C=O) groups excluding carboxylic acids is 1. The smallest absolute Gasteiger partial charge is 0.258 e. The first-order chi connectivity index (χ1) is 9.28. The number of nitrogens with one attached hydrogen (secondary N) is 1. The average Bonchev–Trinajstić information content (AvgIpc) is 3.04. The normalized spacial score (nSPS) is 10.8. The highest BCUT2D eigenvalue weighted by atomic mass is 35.5.